The van der Waals surface area contributed by atoms with Gasteiger partial charge >= 0.3 is 0 Å². The van der Waals surface area contributed by atoms with E-state index < -0.39 is 0 Å². The van der Waals surface area contributed by atoms with E-state index in [2.05, 4.69) is 5.32 Å². The van der Waals surface area contributed by atoms with Crippen molar-refractivity contribution in [3.05, 3.63) is 0 Å². The van der Waals surface area contributed by atoms with Gasteiger partial charge in [0.05, 0.1) is 6.61 Å². The lowest BCUT2D eigenvalue weighted by atomic mass is 10.2. The minimum atomic E-state index is 0.796. The third-order valence-electron chi connectivity index (χ3n) is 1.93. The minimum Gasteiger partial charge on any atom is -0.385 e. The minimum absolute atomic E-state index is 0.796. The summed E-state index contributed by atoms with van der Waals surface area (Å²) in [5, 5.41) is 3.34. The summed E-state index contributed by atoms with van der Waals surface area (Å²) in [6.45, 7) is 3.75. The molecule has 3 nitrogen and oxygen atoms in total. The Bertz CT molecular complexity index is 92.1. The van der Waals surface area contributed by atoms with Gasteiger partial charge in [-0.1, -0.05) is 12.8 Å². The van der Waals surface area contributed by atoms with E-state index >= 15 is 0 Å². The summed E-state index contributed by atoms with van der Waals surface area (Å²) < 4.78 is 10.1. The molecule has 0 radical (unpaired) electrons. The largest absolute Gasteiger partial charge is 0.385 e. The first-order chi connectivity index (χ1) is 6.91. The number of hydrogen-bond acceptors (Lipinski definition) is 4. The topological polar surface area (TPSA) is 30.5 Å². The molecule has 0 aliphatic heterocycles. The Kier molecular flexibility index (Phi) is 13.4. The number of nitrogens with one attached hydrogen (secondary N) is 1. The third-order valence-corrected chi connectivity index (χ3v) is 2.33. The van der Waals surface area contributed by atoms with E-state index in [9.17, 15) is 0 Å². The van der Waals surface area contributed by atoms with E-state index in [1.54, 1.807) is 7.11 Å². The van der Waals surface area contributed by atoms with Crippen LogP contribution in [0.15, 0.2) is 0 Å². The standard InChI is InChI=1S/C10H23NO2S/c1-12-9-6-4-3-5-7-11-8-10-13-14-2/h11H,3-10H2,1-2H3. The molecule has 0 saturated heterocycles. The van der Waals surface area contributed by atoms with Gasteiger partial charge in [0.1, 0.15) is 0 Å². The number of ether oxygens (including phenoxy) is 1. The highest BCUT2D eigenvalue weighted by atomic mass is 32.2. The molecule has 0 heterocycles. The first-order valence-electron chi connectivity index (χ1n) is 5.27. The van der Waals surface area contributed by atoms with E-state index in [4.69, 9.17) is 8.92 Å². The van der Waals surface area contributed by atoms with Crippen molar-refractivity contribution in [1.82, 2.24) is 5.32 Å². The van der Waals surface area contributed by atoms with Crippen molar-refractivity contribution in [3.8, 4) is 0 Å². The van der Waals surface area contributed by atoms with Crippen molar-refractivity contribution in [2.45, 2.75) is 25.7 Å². The summed E-state index contributed by atoms with van der Waals surface area (Å²) in [5.74, 6) is 0. The second-order valence-corrected chi connectivity index (χ2v) is 3.71. The van der Waals surface area contributed by atoms with Crippen LogP contribution in [0.2, 0.25) is 0 Å². The maximum absolute atomic E-state index is 5.13. The van der Waals surface area contributed by atoms with Gasteiger partial charge in [0.15, 0.2) is 0 Å². The van der Waals surface area contributed by atoms with Gasteiger partial charge in [-0.3, -0.25) is 0 Å². The number of rotatable bonds is 11. The highest BCUT2D eigenvalue weighted by Gasteiger charge is 1.90. The van der Waals surface area contributed by atoms with Crippen molar-refractivity contribution in [2.24, 2.45) is 0 Å². The van der Waals surface area contributed by atoms with Crippen LogP contribution in [0.3, 0.4) is 0 Å². The SMILES string of the molecule is COCCCCCCNCCOSC. The molecule has 4 heteroatoms. The first kappa shape index (κ1) is 14.2. The summed E-state index contributed by atoms with van der Waals surface area (Å²) in [5.41, 5.74) is 0. The molecule has 0 atom stereocenters. The van der Waals surface area contributed by atoms with Gasteiger partial charge in [-0.05, 0) is 31.4 Å². The van der Waals surface area contributed by atoms with Crippen LogP contribution in [-0.4, -0.2) is 39.7 Å². The Labute approximate surface area is 92.1 Å². The molecule has 0 fully saturated rings. The molecule has 0 amide bonds. The Balaban J connectivity index is 2.78. The van der Waals surface area contributed by atoms with Crippen LogP contribution < -0.4 is 5.32 Å². The van der Waals surface area contributed by atoms with Gasteiger partial charge in [-0.15, -0.1) is 0 Å². The van der Waals surface area contributed by atoms with Gasteiger partial charge < -0.3 is 14.2 Å². The smallest absolute Gasteiger partial charge is 0.0738 e. The van der Waals surface area contributed by atoms with E-state index in [0.29, 0.717) is 0 Å². The number of hydrogen-bond donors (Lipinski definition) is 1. The fraction of sp³-hybridized carbons (Fsp3) is 1.00. The Morgan fingerprint density at radius 1 is 1.00 bits per heavy atom. The molecule has 0 spiro atoms. The average molecular weight is 221 g/mol. The second kappa shape index (κ2) is 13.2. The quantitative estimate of drug-likeness (QED) is 0.427. The van der Waals surface area contributed by atoms with E-state index in [1.165, 1.54) is 37.7 Å². The maximum atomic E-state index is 5.13. The Morgan fingerprint density at radius 3 is 2.50 bits per heavy atom. The molecule has 0 aromatic carbocycles. The van der Waals surface area contributed by atoms with Gasteiger partial charge in [-0.25, -0.2) is 0 Å². The van der Waals surface area contributed by atoms with Crippen molar-refractivity contribution in [2.75, 3.05) is 39.7 Å². The Hall–Kier alpha value is 0.230. The van der Waals surface area contributed by atoms with Crippen LogP contribution in [0.5, 0.6) is 0 Å². The lowest BCUT2D eigenvalue weighted by Gasteiger charge is -2.04. The van der Waals surface area contributed by atoms with Crippen LogP contribution in [0, 0.1) is 0 Å². The highest BCUT2D eigenvalue weighted by molar-refractivity contribution is 7.93. The molecule has 0 rings (SSSR count). The van der Waals surface area contributed by atoms with Crippen molar-refractivity contribution in [1.29, 1.82) is 0 Å². The zero-order valence-electron chi connectivity index (χ0n) is 9.38. The fourth-order valence-electron chi connectivity index (χ4n) is 1.17. The summed E-state index contributed by atoms with van der Waals surface area (Å²) in [7, 11) is 1.76. The molecule has 0 unspecified atom stereocenters. The average Bonchev–Trinajstić information content (AvgIpc) is 2.21. The van der Waals surface area contributed by atoms with Crippen LogP contribution in [0.1, 0.15) is 25.7 Å². The van der Waals surface area contributed by atoms with Crippen molar-refractivity contribution in [3.63, 3.8) is 0 Å². The van der Waals surface area contributed by atoms with Crippen LogP contribution >= 0.6 is 12.0 Å². The molecule has 1 N–H and O–H groups in total. The molecular formula is C10H23NO2S. The summed E-state index contributed by atoms with van der Waals surface area (Å²) in [6, 6.07) is 0. The molecule has 0 bridgehead atoms. The molecule has 0 aliphatic carbocycles. The fourth-order valence-corrected chi connectivity index (χ4v) is 1.42. The summed E-state index contributed by atoms with van der Waals surface area (Å²) >= 11 is 1.43. The second-order valence-electron chi connectivity index (χ2n) is 3.15. The lowest BCUT2D eigenvalue weighted by molar-refractivity contribution is 0.192. The molecule has 86 valence electrons. The van der Waals surface area contributed by atoms with Gasteiger partial charge in [-0.2, -0.15) is 0 Å². The third kappa shape index (κ3) is 12.2. The monoisotopic (exact) mass is 221 g/mol. The van der Waals surface area contributed by atoms with Crippen LogP contribution in [0.4, 0.5) is 0 Å². The zero-order valence-corrected chi connectivity index (χ0v) is 10.2. The predicted octanol–water partition coefficient (Wildman–Crippen LogP) is 2.08. The van der Waals surface area contributed by atoms with Gasteiger partial charge in [0, 0.05) is 26.5 Å². The van der Waals surface area contributed by atoms with E-state index in [0.717, 1.165) is 26.3 Å². The lowest BCUT2D eigenvalue weighted by Crippen LogP contribution is -2.19. The van der Waals surface area contributed by atoms with Crippen LogP contribution in [-0.2, 0) is 8.92 Å². The molecule has 0 aromatic rings. The molecule has 14 heavy (non-hydrogen) atoms. The summed E-state index contributed by atoms with van der Waals surface area (Å²) in [4.78, 5) is 0. The predicted molar refractivity (Wildman–Crippen MR) is 62.7 cm³/mol. The van der Waals surface area contributed by atoms with Crippen molar-refractivity contribution >= 4 is 12.0 Å². The van der Waals surface area contributed by atoms with Gasteiger partial charge in [0.2, 0.25) is 0 Å². The number of unbranched alkanes of at least 4 members (excludes halogenated alkanes) is 3. The number of methoxy groups -OCH3 is 1. The first-order valence-corrected chi connectivity index (χ1v) is 6.42. The summed E-state index contributed by atoms with van der Waals surface area (Å²) in [6.07, 6.45) is 6.95. The molecule has 0 aromatic heterocycles. The van der Waals surface area contributed by atoms with Crippen LogP contribution in [0.25, 0.3) is 0 Å². The normalized spacial score (nSPS) is 10.7. The Morgan fingerprint density at radius 2 is 1.79 bits per heavy atom. The molecule has 0 saturated carbocycles. The van der Waals surface area contributed by atoms with E-state index in [1.807, 2.05) is 6.26 Å². The molecular weight excluding hydrogens is 198 g/mol. The maximum Gasteiger partial charge on any atom is 0.0738 e. The van der Waals surface area contributed by atoms with Gasteiger partial charge in [0.25, 0.3) is 0 Å². The van der Waals surface area contributed by atoms with E-state index in [-0.39, 0.29) is 0 Å². The zero-order chi connectivity index (χ0) is 10.5. The highest BCUT2D eigenvalue weighted by Crippen LogP contribution is 1.98. The molecule has 0 aliphatic rings. The van der Waals surface area contributed by atoms with Crippen molar-refractivity contribution < 1.29 is 8.92 Å².